The number of nitrogens with two attached hydrogens (primary N) is 1. The maximum absolute atomic E-state index is 9.82. The third-order valence-corrected chi connectivity index (χ3v) is 3.21. The summed E-state index contributed by atoms with van der Waals surface area (Å²) in [6, 6.07) is 17.9. The van der Waals surface area contributed by atoms with Crippen molar-refractivity contribution in [3.63, 3.8) is 0 Å². The van der Waals surface area contributed by atoms with E-state index in [1.165, 1.54) is 0 Å². The molecule has 2 nitrogen and oxygen atoms in total. The lowest BCUT2D eigenvalue weighted by Crippen LogP contribution is -2.25. The molecule has 3 heteroatoms. The minimum absolute atomic E-state index is 0. The van der Waals surface area contributed by atoms with Gasteiger partial charge < -0.3 is 10.8 Å². The topological polar surface area (TPSA) is 46.2 Å². The van der Waals surface area contributed by atoms with Gasteiger partial charge >= 0.3 is 0 Å². The summed E-state index contributed by atoms with van der Waals surface area (Å²) in [6.07, 6.45) is 0.174. The third kappa shape index (κ3) is 3.80. The smallest absolute Gasteiger partial charge is 0.0730 e. The number of hydrogen-bond acceptors (Lipinski definition) is 2. The summed E-state index contributed by atoms with van der Waals surface area (Å²) in [6.45, 7) is 1.94. The van der Waals surface area contributed by atoms with E-state index in [0.717, 1.165) is 16.7 Å². The maximum atomic E-state index is 9.82. The minimum atomic E-state index is -0.490. The lowest BCUT2D eigenvalue weighted by Gasteiger charge is -2.18. The Labute approximate surface area is 120 Å². The highest BCUT2D eigenvalue weighted by atomic mass is 35.5. The van der Waals surface area contributed by atoms with Crippen molar-refractivity contribution in [1.29, 1.82) is 0 Å². The average Bonchev–Trinajstić information content (AvgIpc) is 2.46. The van der Waals surface area contributed by atoms with E-state index >= 15 is 0 Å². The first-order chi connectivity index (χ1) is 8.72. The number of aliphatic hydroxyl groups is 1. The molecule has 0 radical (unpaired) electrons. The van der Waals surface area contributed by atoms with E-state index in [-0.39, 0.29) is 18.4 Å². The molecule has 0 aliphatic rings. The predicted octanol–water partition coefficient (Wildman–Crippen LogP) is 3.55. The van der Waals surface area contributed by atoms with Crippen LogP contribution < -0.4 is 5.73 Å². The molecule has 2 atom stereocenters. The van der Waals surface area contributed by atoms with Crippen LogP contribution in [0.5, 0.6) is 0 Å². The van der Waals surface area contributed by atoms with Crippen molar-refractivity contribution in [2.24, 2.45) is 5.73 Å². The van der Waals surface area contributed by atoms with Crippen molar-refractivity contribution >= 4 is 12.4 Å². The molecule has 0 heterocycles. The first-order valence-electron chi connectivity index (χ1n) is 6.31. The molecule has 19 heavy (non-hydrogen) atoms. The molecule has 0 bridgehead atoms. The number of halogens is 1. The zero-order valence-corrected chi connectivity index (χ0v) is 11.8. The van der Waals surface area contributed by atoms with E-state index in [4.69, 9.17) is 5.73 Å². The molecule has 0 saturated carbocycles. The fourth-order valence-corrected chi connectivity index (χ4v) is 2.03. The van der Waals surface area contributed by atoms with Gasteiger partial charge in [0.2, 0.25) is 0 Å². The van der Waals surface area contributed by atoms with Gasteiger partial charge in [-0.3, -0.25) is 0 Å². The van der Waals surface area contributed by atoms with Crippen molar-refractivity contribution in [3.05, 3.63) is 60.2 Å². The van der Waals surface area contributed by atoms with Crippen molar-refractivity contribution < 1.29 is 5.11 Å². The van der Waals surface area contributed by atoms with Crippen LogP contribution in [0.2, 0.25) is 0 Å². The molecule has 0 amide bonds. The summed E-state index contributed by atoms with van der Waals surface area (Å²) in [5.74, 6) is 0. The van der Waals surface area contributed by atoms with Crippen molar-refractivity contribution in [1.82, 2.24) is 0 Å². The third-order valence-electron chi connectivity index (χ3n) is 3.21. The van der Waals surface area contributed by atoms with Crippen molar-refractivity contribution in [3.8, 4) is 11.1 Å². The number of rotatable bonds is 4. The van der Waals surface area contributed by atoms with Crippen LogP contribution in [0.4, 0.5) is 0 Å². The molecule has 2 aromatic carbocycles. The summed E-state index contributed by atoms with van der Waals surface area (Å²) >= 11 is 0. The molecule has 0 aliphatic heterocycles. The normalized spacial score (nSPS) is 13.4. The highest BCUT2D eigenvalue weighted by Crippen LogP contribution is 2.24. The van der Waals surface area contributed by atoms with Gasteiger partial charge in [-0.1, -0.05) is 55.5 Å². The highest BCUT2D eigenvalue weighted by Gasteiger charge is 2.15. The number of aliphatic hydroxyl groups excluding tert-OH is 1. The Hall–Kier alpha value is -1.35. The van der Waals surface area contributed by atoms with Crippen LogP contribution in [0, 0.1) is 0 Å². The second-order valence-corrected chi connectivity index (χ2v) is 4.49. The Balaban J connectivity index is 0.00000180. The van der Waals surface area contributed by atoms with Crippen LogP contribution in [-0.2, 0) is 0 Å². The molecular formula is C16H20ClNO. The minimum Gasteiger partial charge on any atom is -0.391 e. The molecule has 0 saturated heterocycles. The summed E-state index contributed by atoms with van der Waals surface area (Å²) < 4.78 is 0. The molecule has 3 N–H and O–H groups in total. The molecule has 2 rings (SSSR count). The van der Waals surface area contributed by atoms with E-state index in [9.17, 15) is 5.11 Å². The number of hydrogen-bond donors (Lipinski definition) is 2. The zero-order chi connectivity index (χ0) is 13.0. The standard InChI is InChI=1S/C16H19NO.ClH/c1-2-15(18)16(17)14-10-6-9-13(11-14)12-7-4-3-5-8-12;/h3-11,15-16,18H,2,17H2,1H3;1H/t15-,16+;/m1./s1. The van der Waals surface area contributed by atoms with Gasteiger partial charge in [0.25, 0.3) is 0 Å². The molecule has 0 aliphatic carbocycles. The van der Waals surface area contributed by atoms with Gasteiger partial charge in [-0.15, -0.1) is 12.4 Å². The Kier molecular flexibility index (Phi) is 6.03. The van der Waals surface area contributed by atoms with Gasteiger partial charge in [0, 0.05) is 0 Å². The van der Waals surface area contributed by atoms with Gasteiger partial charge in [-0.2, -0.15) is 0 Å². The average molecular weight is 278 g/mol. The maximum Gasteiger partial charge on any atom is 0.0730 e. The van der Waals surface area contributed by atoms with Crippen LogP contribution in [-0.4, -0.2) is 11.2 Å². The fraction of sp³-hybridized carbons (Fsp3) is 0.250. The molecule has 0 aromatic heterocycles. The lowest BCUT2D eigenvalue weighted by atomic mass is 9.96. The zero-order valence-electron chi connectivity index (χ0n) is 11.0. The van der Waals surface area contributed by atoms with Crippen LogP contribution >= 0.6 is 12.4 Å². The fourth-order valence-electron chi connectivity index (χ4n) is 2.03. The van der Waals surface area contributed by atoms with E-state index < -0.39 is 6.10 Å². The van der Waals surface area contributed by atoms with Gasteiger partial charge in [0.1, 0.15) is 0 Å². The van der Waals surface area contributed by atoms with Gasteiger partial charge in [0.15, 0.2) is 0 Å². The lowest BCUT2D eigenvalue weighted by molar-refractivity contribution is 0.141. The summed E-state index contributed by atoms with van der Waals surface area (Å²) in [4.78, 5) is 0. The largest absolute Gasteiger partial charge is 0.391 e. The molecule has 2 aromatic rings. The molecule has 0 spiro atoms. The van der Waals surface area contributed by atoms with E-state index in [2.05, 4.69) is 24.3 Å². The SMILES string of the molecule is CC[C@@H](O)[C@@H](N)c1cccc(-c2ccccc2)c1.Cl. The Morgan fingerprint density at radius 2 is 1.63 bits per heavy atom. The molecule has 0 unspecified atom stereocenters. The second kappa shape index (κ2) is 7.29. The van der Waals surface area contributed by atoms with Crippen LogP contribution in [0.1, 0.15) is 24.9 Å². The van der Waals surface area contributed by atoms with E-state index in [1.54, 1.807) is 0 Å². The summed E-state index contributed by atoms with van der Waals surface area (Å²) in [7, 11) is 0. The monoisotopic (exact) mass is 277 g/mol. The van der Waals surface area contributed by atoms with Crippen molar-refractivity contribution in [2.45, 2.75) is 25.5 Å². The predicted molar refractivity (Wildman–Crippen MR) is 82.4 cm³/mol. The van der Waals surface area contributed by atoms with Crippen LogP contribution in [0.25, 0.3) is 11.1 Å². The Morgan fingerprint density at radius 1 is 1.00 bits per heavy atom. The van der Waals surface area contributed by atoms with Crippen LogP contribution in [0.3, 0.4) is 0 Å². The highest BCUT2D eigenvalue weighted by molar-refractivity contribution is 5.85. The van der Waals surface area contributed by atoms with Crippen molar-refractivity contribution in [2.75, 3.05) is 0 Å². The second-order valence-electron chi connectivity index (χ2n) is 4.49. The Morgan fingerprint density at radius 3 is 2.26 bits per heavy atom. The Bertz CT molecular complexity index is 501. The van der Waals surface area contributed by atoms with Gasteiger partial charge in [0.05, 0.1) is 12.1 Å². The van der Waals surface area contributed by atoms with Crippen LogP contribution in [0.15, 0.2) is 54.6 Å². The molecule has 102 valence electrons. The van der Waals surface area contributed by atoms with E-state index in [0.29, 0.717) is 6.42 Å². The van der Waals surface area contributed by atoms with Gasteiger partial charge in [-0.25, -0.2) is 0 Å². The molecular weight excluding hydrogens is 258 g/mol. The van der Waals surface area contributed by atoms with E-state index in [1.807, 2.05) is 37.3 Å². The summed E-state index contributed by atoms with van der Waals surface area (Å²) in [5, 5.41) is 9.82. The number of benzene rings is 2. The summed E-state index contributed by atoms with van der Waals surface area (Å²) in [5.41, 5.74) is 9.32. The first kappa shape index (κ1) is 15.7. The van der Waals surface area contributed by atoms with Gasteiger partial charge in [-0.05, 0) is 29.2 Å². The first-order valence-corrected chi connectivity index (χ1v) is 6.31. The molecule has 0 fully saturated rings. The quantitative estimate of drug-likeness (QED) is 0.898.